The van der Waals surface area contributed by atoms with Crippen LogP contribution in [0.25, 0.3) is 21.5 Å². The van der Waals surface area contributed by atoms with E-state index in [9.17, 15) is 14.7 Å². The molecule has 0 fully saturated rings. The normalized spacial score (nSPS) is 13.2. The molecule has 0 aliphatic carbocycles. The zero-order valence-electron chi connectivity index (χ0n) is 21.0. The summed E-state index contributed by atoms with van der Waals surface area (Å²) in [6.45, 7) is 5.84. The van der Waals surface area contributed by atoms with Crippen LogP contribution in [0.3, 0.4) is 0 Å². The molecule has 4 N–H and O–H groups in total. The van der Waals surface area contributed by atoms with Crippen LogP contribution >= 0.6 is 27.3 Å². The lowest BCUT2D eigenvalue weighted by Crippen LogP contribution is -2.58. The molecule has 2 unspecified atom stereocenters. The van der Waals surface area contributed by atoms with Crippen LogP contribution in [0, 0.1) is 5.41 Å². The molecule has 0 bridgehead atoms. The van der Waals surface area contributed by atoms with Gasteiger partial charge in [0.2, 0.25) is 0 Å². The van der Waals surface area contributed by atoms with Crippen molar-refractivity contribution in [1.82, 2.24) is 20.6 Å². The Bertz CT molecular complexity index is 1410. The molecule has 1 aromatic carbocycles. The number of ether oxygens (including phenoxy) is 1. The standard InChI is InChI=1S/C27H29BrN4O4S/c1-27(2,3)23(32-26(34)35)18(14-15-8-6-5-7-9-15)31-25(33)22-20(36-4)19(28)21(37-22)16-10-12-29-24-17(16)11-13-30-24/h5-13,18,23,32H,14H2,1-4H3,(H,29,30)(H,31,33)(H,34,35). The average Bonchev–Trinajstić information content (AvgIpc) is 3.46. The van der Waals surface area contributed by atoms with Crippen molar-refractivity contribution in [2.24, 2.45) is 5.41 Å². The number of H-pyrrole nitrogens is 1. The van der Waals surface area contributed by atoms with E-state index in [1.807, 2.05) is 69.4 Å². The number of benzene rings is 1. The molecule has 0 aliphatic rings. The number of amides is 2. The average molecular weight is 586 g/mol. The summed E-state index contributed by atoms with van der Waals surface area (Å²) in [6, 6.07) is 12.5. The maximum atomic E-state index is 13.8. The number of methoxy groups -OCH3 is 1. The molecule has 8 nitrogen and oxygen atoms in total. The lowest BCUT2D eigenvalue weighted by Gasteiger charge is -2.37. The number of pyridine rings is 1. The zero-order valence-corrected chi connectivity index (χ0v) is 23.4. The van der Waals surface area contributed by atoms with Gasteiger partial charge in [-0.1, -0.05) is 51.1 Å². The van der Waals surface area contributed by atoms with E-state index in [4.69, 9.17) is 4.74 Å². The number of thiophene rings is 1. The van der Waals surface area contributed by atoms with E-state index in [1.54, 1.807) is 6.20 Å². The van der Waals surface area contributed by atoms with Crippen LogP contribution in [0.5, 0.6) is 5.75 Å². The highest BCUT2D eigenvalue weighted by atomic mass is 79.9. The maximum absolute atomic E-state index is 13.8. The predicted octanol–water partition coefficient (Wildman–Crippen LogP) is 6.09. The summed E-state index contributed by atoms with van der Waals surface area (Å²) < 4.78 is 6.33. The van der Waals surface area contributed by atoms with Crippen molar-refractivity contribution < 1.29 is 19.4 Å². The van der Waals surface area contributed by atoms with Crippen molar-refractivity contribution in [2.45, 2.75) is 39.3 Å². The summed E-state index contributed by atoms with van der Waals surface area (Å²) in [4.78, 5) is 34.2. The molecule has 0 aliphatic heterocycles. The van der Waals surface area contributed by atoms with E-state index < -0.39 is 23.6 Å². The third kappa shape index (κ3) is 5.80. The van der Waals surface area contributed by atoms with Gasteiger partial charge in [-0.2, -0.15) is 0 Å². The number of carbonyl (C=O) groups excluding carboxylic acids is 1. The number of hydrogen-bond donors (Lipinski definition) is 4. The highest BCUT2D eigenvalue weighted by molar-refractivity contribution is 9.10. The van der Waals surface area contributed by atoms with Crippen molar-refractivity contribution in [2.75, 3.05) is 7.11 Å². The van der Waals surface area contributed by atoms with Crippen LogP contribution in [-0.4, -0.2) is 46.3 Å². The molecule has 3 heterocycles. The molecule has 2 atom stereocenters. The Labute approximate surface area is 227 Å². The van der Waals surface area contributed by atoms with Crippen LogP contribution in [0.15, 0.2) is 59.3 Å². The summed E-state index contributed by atoms with van der Waals surface area (Å²) >= 11 is 4.95. The van der Waals surface area contributed by atoms with E-state index in [-0.39, 0.29) is 5.91 Å². The van der Waals surface area contributed by atoms with Crippen LogP contribution in [-0.2, 0) is 6.42 Å². The fourth-order valence-electron chi connectivity index (χ4n) is 4.47. The lowest BCUT2D eigenvalue weighted by molar-refractivity contribution is 0.0902. The Kier molecular flexibility index (Phi) is 7.89. The first-order chi connectivity index (χ1) is 17.6. The molecule has 2 amide bonds. The number of hydrogen-bond acceptors (Lipinski definition) is 5. The summed E-state index contributed by atoms with van der Waals surface area (Å²) in [5.74, 6) is 0.0884. The number of fused-ring (bicyclic) bond motifs is 1. The van der Waals surface area contributed by atoms with E-state index in [0.717, 1.165) is 27.0 Å². The zero-order chi connectivity index (χ0) is 26.7. The number of aromatic amines is 1. The first kappa shape index (κ1) is 26.7. The van der Waals surface area contributed by atoms with Crippen molar-refractivity contribution in [3.8, 4) is 16.2 Å². The second-order valence-electron chi connectivity index (χ2n) is 9.77. The van der Waals surface area contributed by atoms with Gasteiger partial charge in [-0.15, -0.1) is 11.3 Å². The number of halogens is 1. The molecule has 194 valence electrons. The highest BCUT2D eigenvalue weighted by Gasteiger charge is 2.36. The second-order valence-corrected chi connectivity index (χ2v) is 11.6. The number of rotatable bonds is 8. The lowest BCUT2D eigenvalue weighted by atomic mass is 9.80. The summed E-state index contributed by atoms with van der Waals surface area (Å²) in [7, 11) is 1.53. The summed E-state index contributed by atoms with van der Waals surface area (Å²) in [5, 5.41) is 16.3. The van der Waals surface area contributed by atoms with Gasteiger partial charge in [0.05, 0.1) is 28.5 Å². The minimum Gasteiger partial charge on any atom is -0.494 e. The first-order valence-corrected chi connectivity index (χ1v) is 13.3. The van der Waals surface area contributed by atoms with E-state index >= 15 is 0 Å². The molecule has 0 spiro atoms. The fourth-order valence-corrected chi connectivity index (χ4v) is 6.52. The van der Waals surface area contributed by atoms with Crippen LogP contribution in [0.1, 0.15) is 36.0 Å². The molecule has 37 heavy (non-hydrogen) atoms. The Morgan fingerprint density at radius 2 is 1.89 bits per heavy atom. The number of carboxylic acid groups (broad SMARTS) is 1. The van der Waals surface area contributed by atoms with Gasteiger partial charge in [-0.05, 0) is 45.5 Å². The van der Waals surface area contributed by atoms with Crippen LogP contribution < -0.4 is 15.4 Å². The Morgan fingerprint density at radius 1 is 1.16 bits per heavy atom. The molecular weight excluding hydrogens is 556 g/mol. The van der Waals surface area contributed by atoms with Gasteiger partial charge >= 0.3 is 6.09 Å². The van der Waals surface area contributed by atoms with Crippen LogP contribution in [0.2, 0.25) is 0 Å². The Balaban J connectivity index is 1.73. The quantitative estimate of drug-likeness (QED) is 0.200. The van der Waals surface area contributed by atoms with E-state index in [0.29, 0.717) is 21.5 Å². The molecule has 4 rings (SSSR count). The largest absolute Gasteiger partial charge is 0.494 e. The minimum absolute atomic E-state index is 0.337. The second kappa shape index (κ2) is 10.9. The Morgan fingerprint density at radius 3 is 2.54 bits per heavy atom. The van der Waals surface area contributed by atoms with Gasteiger partial charge in [-0.3, -0.25) is 4.79 Å². The summed E-state index contributed by atoms with van der Waals surface area (Å²) in [5.41, 5.74) is 2.19. The monoisotopic (exact) mass is 584 g/mol. The molecule has 0 saturated carbocycles. The predicted molar refractivity (Wildman–Crippen MR) is 149 cm³/mol. The molecular formula is C27H29BrN4O4S. The highest BCUT2D eigenvalue weighted by Crippen LogP contribution is 2.47. The van der Waals surface area contributed by atoms with Gasteiger partial charge in [0.1, 0.15) is 10.5 Å². The third-order valence-corrected chi connectivity index (χ3v) is 8.38. The molecule has 0 radical (unpaired) electrons. The van der Waals surface area contributed by atoms with Crippen molar-refractivity contribution >= 4 is 50.3 Å². The van der Waals surface area contributed by atoms with Gasteiger partial charge in [0.15, 0.2) is 5.75 Å². The van der Waals surface area contributed by atoms with Gasteiger partial charge in [0.25, 0.3) is 5.91 Å². The van der Waals surface area contributed by atoms with Gasteiger partial charge in [0, 0.05) is 23.3 Å². The molecule has 0 saturated heterocycles. The number of nitrogens with one attached hydrogen (secondary N) is 3. The summed E-state index contributed by atoms with van der Waals surface area (Å²) in [6.07, 6.45) is 2.85. The Hall–Kier alpha value is -3.37. The van der Waals surface area contributed by atoms with Crippen molar-refractivity contribution in [3.05, 3.63) is 69.8 Å². The smallest absolute Gasteiger partial charge is 0.404 e. The molecule has 10 heteroatoms. The topological polar surface area (TPSA) is 116 Å². The maximum Gasteiger partial charge on any atom is 0.404 e. The van der Waals surface area contributed by atoms with Crippen molar-refractivity contribution in [1.29, 1.82) is 0 Å². The van der Waals surface area contributed by atoms with Gasteiger partial charge in [-0.25, -0.2) is 9.78 Å². The van der Waals surface area contributed by atoms with E-state index in [2.05, 4.69) is 36.5 Å². The van der Waals surface area contributed by atoms with Gasteiger partial charge < -0.3 is 25.5 Å². The molecule has 4 aromatic rings. The molecule has 3 aromatic heterocycles. The first-order valence-electron chi connectivity index (χ1n) is 11.7. The minimum atomic E-state index is -1.14. The van der Waals surface area contributed by atoms with Crippen LogP contribution in [0.4, 0.5) is 4.79 Å². The fraction of sp³-hybridized carbons (Fsp3) is 0.296. The SMILES string of the molecule is COc1c(C(=O)NC(Cc2ccccc2)C(NC(=O)O)C(C)(C)C)sc(-c2ccnc3[nH]ccc23)c1Br. The van der Waals surface area contributed by atoms with E-state index in [1.165, 1.54) is 18.4 Å². The number of nitrogens with zero attached hydrogens (tertiary/aromatic N) is 1. The third-order valence-electron chi connectivity index (χ3n) is 6.15. The van der Waals surface area contributed by atoms with Crippen molar-refractivity contribution in [3.63, 3.8) is 0 Å². The number of carbonyl (C=O) groups is 2. The number of aromatic nitrogens is 2.